The fraction of sp³-hybridized carbons (Fsp3) is 0.417. The summed E-state index contributed by atoms with van der Waals surface area (Å²) >= 11 is 0. The molecule has 21 heavy (non-hydrogen) atoms. The van der Waals surface area contributed by atoms with Gasteiger partial charge in [-0.2, -0.15) is 10.1 Å². The van der Waals surface area contributed by atoms with Crippen molar-refractivity contribution < 1.29 is 4.74 Å². The molecule has 0 spiro atoms. The van der Waals surface area contributed by atoms with E-state index in [1.165, 1.54) is 0 Å². The third-order valence-corrected chi connectivity index (χ3v) is 3.59. The van der Waals surface area contributed by atoms with Crippen molar-refractivity contribution in [1.29, 1.82) is 0 Å². The lowest BCUT2D eigenvalue weighted by Crippen LogP contribution is -2.47. The van der Waals surface area contributed by atoms with Crippen LogP contribution < -0.4 is 16.9 Å². The molecule has 9 heteroatoms. The molecule has 1 atom stereocenters. The number of hydrazine groups is 1. The highest BCUT2D eigenvalue weighted by atomic mass is 16.5. The Bertz CT molecular complexity index is 673. The number of nitrogens with zero attached hydrogens (tertiary/aromatic N) is 5. The average Bonchev–Trinajstić information content (AvgIpc) is 3.16. The Balaban J connectivity index is 1.73. The maximum absolute atomic E-state index is 6.03. The van der Waals surface area contributed by atoms with Gasteiger partial charge < -0.3 is 16.2 Å². The van der Waals surface area contributed by atoms with Crippen molar-refractivity contribution in [3.8, 4) is 0 Å². The van der Waals surface area contributed by atoms with Crippen molar-refractivity contribution in [1.82, 2.24) is 20.2 Å². The quantitative estimate of drug-likeness (QED) is 0.678. The lowest BCUT2D eigenvalue weighted by atomic mass is 10.2. The van der Waals surface area contributed by atoms with Gasteiger partial charge in [0.1, 0.15) is 0 Å². The smallest absolute Gasteiger partial charge is 0.219 e. The van der Waals surface area contributed by atoms with E-state index in [2.05, 4.69) is 20.5 Å². The number of hydrogen-bond acceptors (Lipinski definition) is 8. The third-order valence-electron chi connectivity index (χ3n) is 3.59. The van der Waals surface area contributed by atoms with E-state index in [-0.39, 0.29) is 6.17 Å². The van der Waals surface area contributed by atoms with Crippen molar-refractivity contribution in [2.24, 2.45) is 21.5 Å². The van der Waals surface area contributed by atoms with Gasteiger partial charge in [-0.3, -0.25) is 5.43 Å². The molecule has 3 aliphatic heterocycles. The molecule has 0 saturated heterocycles. The lowest BCUT2D eigenvalue weighted by molar-refractivity contribution is 0.258. The lowest BCUT2D eigenvalue weighted by Gasteiger charge is -2.27. The van der Waals surface area contributed by atoms with Crippen LogP contribution >= 0.6 is 0 Å². The zero-order chi connectivity index (χ0) is 14.4. The summed E-state index contributed by atoms with van der Waals surface area (Å²) in [7, 11) is 0. The van der Waals surface area contributed by atoms with Crippen molar-refractivity contribution in [3.05, 3.63) is 23.6 Å². The Morgan fingerprint density at radius 2 is 2.38 bits per heavy atom. The molecule has 1 aromatic rings. The van der Waals surface area contributed by atoms with Crippen LogP contribution in [-0.2, 0) is 11.3 Å². The highest BCUT2D eigenvalue weighted by molar-refractivity contribution is 6.00. The number of ether oxygens (including phenoxy) is 1. The number of nitrogens with two attached hydrogens (primary N) is 2. The van der Waals surface area contributed by atoms with E-state index in [9.17, 15) is 0 Å². The molecule has 0 amide bonds. The van der Waals surface area contributed by atoms with Crippen molar-refractivity contribution in [3.63, 3.8) is 0 Å². The molecule has 5 N–H and O–H groups in total. The first-order valence-corrected chi connectivity index (χ1v) is 6.85. The maximum Gasteiger partial charge on any atom is 0.219 e. The summed E-state index contributed by atoms with van der Waals surface area (Å²) < 4.78 is 7.28. The largest absolute Gasteiger partial charge is 0.490 e. The highest BCUT2D eigenvalue weighted by Gasteiger charge is 2.38. The van der Waals surface area contributed by atoms with Crippen molar-refractivity contribution >= 4 is 17.6 Å². The van der Waals surface area contributed by atoms with E-state index in [0.717, 1.165) is 17.7 Å². The van der Waals surface area contributed by atoms with E-state index in [0.29, 0.717) is 37.3 Å². The maximum atomic E-state index is 6.03. The molecule has 0 aromatic carbocycles. The standard InChI is InChI=1S/C12H16N8O/c13-3-4-19-10-7(6-15-19)11-16-9(8-2-1-5-21-8)18-20(11)12(14)17-10/h2,6,11H,1,3-5,13H2,(H2,14,17)(H,16,18). The van der Waals surface area contributed by atoms with Gasteiger partial charge >= 0.3 is 0 Å². The van der Waals surface area contributed by atoms with Crippen LogP contribution in [0.4, 0.5) is 5.82 Å². The monoisotopic (exact) mass is 288 g/mol. The number of amidine groups is 1. The molecule has 0 bridgehead atoms. The van der Waals surface area contributed by atoms with Crippen LogP contribution in [0, 0.1) is 0 Å². The minimum atomic E-state index is -0.274. The van der Waals surface area contributed by atoms with Crippen LogP contribution in [0.2, 0.25) is 0 Å². The molecule has 4 rings (SSSR count). The second kappa shape index (κ2) is 4.48. The Morgan fingerprint density at radius 1 is 1.48 bits per heavy atom. The molecule has 0 aliphatic carbocycles. The van der Waals surface area contributed by atoms with E-state index in [1.807, 2.05) is 6.08 Å². The van der Waals surface area contributed by atoms with Crippen LogP contribution in [0.25, 0.3) is 0 Å². The van der Waals surface area contributed by atoms with E-state index in [4.69, 9.17) is 16.2 Å². The molecule has 1 unspecified atom stereocenters. The van der Waals surface area contributed by atoms with E-state index >= 15 is 0 Å². The van der Waals surface area contributed by atoms with Gasteiger partial charge in [0.2, 0.25) is 5.96 Å². The number of hydrogen-bond donors (Lipinski definition) is 3. The van der Waals surface area contributed by atoms with Crippen LogP contribution in [0.3, 0.4) is 0 Å². The number of fused-ring (bicyclic) bond motifs is 3. The fourth-order valence-corrected chi connectivity index (χ4v) is 2.62. The Kier molecular flexibility index (Phi) is 2.61. The Hall–Kier alpha value is -2.55. The molecule has 0 radical (unpaired) electrons. The van der Waals surface area contributed by atoms with Gasteiger partial charge in [0, 0.05) is 13.0 Å². The summed E-state index contributed by atoms with van der Waals surface area (Å²) in [6.07, 6.45) is 4.39. The number of aromatic nitrogens is 2. The first-order valence-electron chi connectivity index (χ1n) is 6.85. The predicted octanol–water partition coefficient (Wildman–Crippen LogP) is -0.677. The van der Waals surface area contributed by atoms with Crippen LogP contribution in [-0.4, -0.2) is 39.7 Å². The molecule has 3 aliphatic rings. The number of rotatable bonds is 3. The summed E-state index contributed by atoms with van der Waals surface area (Å²) in [6.45, 7) is 1.77. The Morgan fingerprint density at radius 3 is 3.14 bits per heavy atom. The predicted molar refractivity (Wildman–Crippen MR) is 76.4 cm³/mol. The van der Waals surface area contributed by atoms with Gasteiger partial charge in [0.25, 0.3) is 0 Å². The summed E-state index contributed by atoms with van der Waals surface area (Å²) in [5.74, 6) is 2.50. The molecular weight excluding hydrogens is 272 g/mol. The number of guanidine groups is 1. The summed E-state index contributed by atoms with van der Waals surface area (Å²) in [4.78, 5) is 9.05. The molecule has 0 fully saturated rings. The summed E-state index contributed by atoms with van der Waals surface area (Å²) in [6, 6.07) is 0. The van der Waals surface area contributed by atoms with Crippen LogP contribution in [0.1, 0.15) is 18.2 Å². The molecule has 1 aromatic heterocycles. The zero-order valence-electron chi connectivity index (χ0n) is 11.4. The normalized spacial score (nSPS) is 22.8. The van der Waals surface area contributed by atoms with Gasteiger partial charge in [-0.05, 0) is 6.08 Å². The highest BCUT2D eigenvalue weighted by Crippen LogP contribution is 2.36. The van der Waals surface area contributed by atoms with E-state index in [1.54, 1.807) is 15.9 Å². The van der Waals surface area contributed by atoms with Crippen LogP contribution in [0.15, 0.2) is 28.0 Å². The molecule has 4 heterocycles. The topological polar surface area (TPSA) is 119 Å². The second-order valence-corrected chi connectivity index (χ2v) is 4.94. The van der Waals surface area contributed by atoms with Crippen LogP contribution in [0.5, 0.6) is 0 Å². The van der Waals surface area contributed by atoms with Gasteiger partial charge in [0.05, 0.1) is 24.9 Å². The van der Waals surface area contributed by atoms with Gasteiger partial charge in [-0.15, -0.1) is 0 Å². The molecule has 0 saturated carbocycles. The summed E-state index contributed by atoms with van der Waals surface area (Å²) in [5.41, 5.74) is 15.7. The van der Waals surface area contributed by atoms with Crippen molar-refractivity contribution in [2.75, 3.05) is 13.2 Å². The summed E-state index contributed by atoms with van der Waals surface area (Å²) in [5, 5.41) is 6.03. The molecule has 110 valence electrons. The minimum absolute atomic E-state index is 0.274. The second-order valence-electron chi connectivity index (χ2n) is 4.94. The average molecular weight is 288 g/mol. The Labute approximate surface area is 120 Å². The zero-order valence-corrected chi connectivity index (χ0v) is 11.4. The third kappa shape index (κ3) is 1.77. The fourth-order valence-electron chi connectivity index (χ4n) is 2.62. The van der Waals surface area contributed by atoms with Gasteiger partial charge in [-0.1, -0.05) is 0 Å². The molecular formula is C12H16N8O. The number of nitrogens with one attached hydrogen (secondary N) is 1. The van der Waals surface area contributed by atoms with E-state index < -0.39 is 0 Å². The number of aliphatic imine (C=N–C) groups is 2. The first-order chi connectivity index (χ1) is 10.3. The minimum Gasteiger partial charge on any atom is -0.490 e. The van der Waals surface area contributed by atoms with Gasteiger partial charge in [0.15, 0.2) is 23.6 Å². The van der Waals surface area contributed by atoms with Crippen molar-refractivity contribution in [2.45, 2.75) is 19.1 Å². The first kappa shape index (κ1) is 12.2. The SMILES string of the molecule is NCCn1ncc2c1N=C(N)N1NC(C3=CCCO3)=NC21. The molecule has 9 nitrogen and oxygen atoms in total. The van der Waals surface area contributed by atoms with Gasteiger partial charge in [-0.25, -0.2) is 14.7 Å².